The molecule has 4 heteroatoms. The number of aryl methyl sites for hydroxylation is 2. The van der Waals surface area contributed by atoms with Gasteiger partial charge in [-0.2, -0.15) is 4.98 Å². The lowest BCUT2D eigenvalue weighted by Crippen LogP contribution is -1.98. The lowest BCUT2D eigenvalue weighted by atomic mass is 9.98. The van der Waals surface area contributed by atoms with Crippen molar-refractivity contribution in [1.29, 1.82) is 0 Å². The van der Waals surface area contributed by atoms with Gasteiger partial charge in [-0.05, 0) is 36.7 Å². The van der Waals surface area contributed by atoms with Gasteiger partial charge >= 0.3 is 4.84 Å². The SMILES string of the molecule is CCCc1cc(C)ccc1Cc1nc(=S)o[nH]1. The second kappa shape index (κ2) is 5.27. The van der Waals surface area contributed by atoms with Gasteiger partial charge in [0.25, 0.3) is 0 Å². The molecule has 1 aromatic heterocycles. The fraction of sp³-hybridized carbons (Fsp3) is 0.385. The van der Waals surface area contributed by atoms with Crippen molar-refractivity contribution in [3.63, 3.8) is 0 Å². The Morgan fingerprint density at radius 2 is 2.18 bits per heavy atom. The van der Waals surface area contributed by atoms with Crippen LogP contribution in [0.25, 0.3) is 0 Å². The fourth-order valence-corrected chi connectivity index (χ4v) is 2.10. The molecule has 1 aromatic carbocycles. The Morgan fingerprint density at radius 3 is 2.82 bits per heavy atom. The van der Waals surface area contributed by atoms with Gasteiger partial charge in [0.2, 0.25) is 0 Å². The van der Waals surface area contributed by atoms with E-state index in [9.17, 15) is 0 Å². The second-order valence-corrected chi connectivity index (χ2v) is 4.58. The number of hydrogen-bond acceptors (Lipinski definition) is 3. The van der Waals surface area contributed by atoms with Crippen molar-refractivity contribution in [2.45, 2.75) is 33.1 Å². The van der Waals surface area contributed by atoms with Crippen molar-refractivity contribution in [3.05, 3.63) is 45.6 Å². The van der Waals surface area contributed by atoms with E-state index in [4.69, 9.17) is 16.7 Å². The lowest BCUT2D eigenvalue weighted by molar-refractivity contribution is 0.399. The summed E-state index contributed by atoms with van der Waals surface area (Å²) in [4.78, 5) is 4.39. The van der Waals surface area contributed by atoms with Gasteiger partial charge in [0.1, 0.15) is 5.82 Å². The van der Waals surface area contributed by atoms with Gasteiger partial charge in [0, 0.05) is 6.42 Å². The first-order chi connectivity index (χ1) is 8.19. The summed E-state index contributed by atoms with van der Waals surface area (Å²) in [6.07, 6.45) is 2.98. The third-order valence-corrected chi connectivity index (χ3v) is 2.90. The Bertz CT molecular complexity index is 557. The third-order valence-electron chi connectivity index (χ3n) is 2.72. The largest absolute Gasteiger partial charge is 0.348 e. The lowest BCUT2D eigenvalue weighted by Gasteiger charge is -2.08. The van der Waals surface area contributed by atoms with E-state index in [0.717, 1.165) is 25.1 Å². The number of nitrogens with one attached hydrogen (secondary N) is 1. The molecule has 0 radical (unpaired) electrons. The number of nitrogens with zero attached hydrogens (tertiary/aromatic N) is 1. The predicted octanol–water partition coefficient (Wildman–Crippen LogP) is 3.58. The van der Waals surface area contributed by atoms with Crippen LogP contribution in [0.3, 0.4) is 0 Å². The van der Waals surface area contributed by atoms with Gasteiger partial charge in [0.05, 0.1) is 0 Å². The zero-order chi connectivity index (χ0) is 12.3. The van der Waals surface area contributed by atoms with E-state index in [0.29, 0.717) is 0 Å². The van der Waals surface area contributed by atoms with Crippen LogP contribution in [0.15, 0.2) is 22.7 Å². The number of rotatable bonds is 4. The van der Waals surface area contributed by atoms with Crippen LogP contribution in [0.1, 0.15) is 35.9 Å². The normalized spacial score (nSPS) is 10.7. The number of aromatic amines is 1. The van der Waals surface area contributed by atoms with Crippen LogP contribution in [0.5, 0.6) is 0 Å². The van der Waals surface area contributed by atoms with Crippen molar-refractivity contribution >= 4 is 12.2 Å². The zero-order valence-electron chi connectivity index (χ0n) is 10.1. The summed E-state index contributed by atoms with van der Waals surface area (Å²) >= 11 is 4.84. The van der Waals surface area contributed by atoms with Crippen LogP contribution in [0.4, 0.5) is 0 Å². The van der Waals surface area contributed by atoms with Crippen LogP contribution in [-0.4, -0.2) is 10.1 Å². The van der Waals surface area contributed by atoms with Crippen LogP contribution in [0.2, 0.25) is 0 Å². The molecule has 0 fully saturated rings. The standard InChI is InChI=1S/C13H16N2OS/c1-3-4-10-7-9(2)5-6-11(10)8-12-14-13(17)16-15-12/h5-7H,3-4,8H2,1-2H3,(H,14,15,17). The maximum atomic E-state index is 4.94. The molecule has 1 N–H and O–H groups in total. The van der Waals surface area contributed by atoms with Crippen LogP contribution >= 0.6 is 12.2 Å². The van der Waals surface area contributed by atoms with E-state index < -0.39 is 0 Å². The van der Waals surface area contributed by atoms with Gasteiger partial charge in [-0.3, -0.25) is 0 Å². The van der Waals surface area contributed by atoms with E-state index in [-0.39, 0.29) is 4.84 Å². The molecule has 17 heavy (non-hydrogen) atoms. The van der Waals surface area contributed by atoms with E-state index in [2.05, 4.69) is 42.2 Å². The molecular formula is C13H16N2OS. The first kappa shape index (κ1) is 12.0. The van der Waals surface area contributed by atoms with Crippen molar-refractivity contribution in [1.82, 2.24) is 10.1 Å². The molecule has 0 amide bonds. The van der Waals surface area contributed by atoms with Crippen molar-refractivity contribution in [2.24, 2.45) is 0 Å². The average molecular weight is 248 g/mol. The molecule has 0 aliphatic heterocycles. The second-order valence-electron chi connectivity index (χ2n) is 4.23. The maximum Gasteiger partial charge on any atom is 0.314 e. The summed E-state index contributed by atoms with van der Waals surface area (Å²) in [5.74, 6) is 0.788. The highest BCUT2D eigenvalue weighted by atomic mass is 32.1. The summed E-state index contributed by atoms with van der Waals surface area (Å²) < 4.78 is 4.94. The molecule has 0 bridgehead atoms. The van der Waals surface area contributed by atoms with Crippen LogP contribution in [0, 0.1) is 11.8 Å². The monoisotopic (exact) mass is 248 g/mol. The third kappa shape index (κ3) is 3.03. The molecule has 90 valence electrons. The minimum atomic E-state index is 0.268. The Morgan fingerprint density at radius 1 is 1.35 bits per heavy atom. The van der Waals surface area contributed by atoms with Gasteiger partial charge in [-0.25, -0.2) is 5.16 Å². The zero-order valence-corrected chi connectivity index (χ0v) is 10.9. The highest BCUT2D eigenvalue weighted by Crippen LogP contribution is 2.16. The van der Waals surface area contributed by atoms with E-state index in [1.54, 1.807) is 0 Å². The maximum absolute atomic E-state index is 4.94. The van der Waals surface area contributed by atoms with Crippen molar-refractivity contribution < 1.29 is 4.52 Å². The molecular weight excluding hydrogens is 232 g/mol. The topological polar surface area (TPSA) is 41.8 Å². The summed E-state index contributed by atoms with van der Waals surface area (Å²) in [6, 6.07) is 6.53. The highest BCUT2D eigenvalue weighted by Gasteiger charge is 2.06. The average Bonchev–Trinajstić information content (AvgIpc) is 2.69. The summed E-state index contributed by atoms with van der Waals surface area (Å²) in [5.41, 5.74) is 3.97. The van der Waals surface area contributed by atoms with Gasteiger partial charge in [0.15, 0.2) is 0 Å². The quantitative estimate of drug-likeness (QED) is 0.841. The smallest absolute Gasteiger partial charge is 0.314 e. The first-order valence-electron chi connectivity index (χ1n) is 5.82. The first-order valence-corrected chi connectivity index (χ1v) is 6.22. The summed E-state index contributed by atoms with van der Waals surface area (Å²) in [7, 11) is 0. The Labute approximate surface area is 106 Å². The number of H-pyrrole nitrogens is 1. The van der Waals surface area contributed by atoms with Crippen LogP contribution < -0.4 is 0 Å². The van der Waals surface area contributed by atoms with E-state index in [1.807, 2.05) is 0 Å². The molecule has 0 saturated heterocycles. The molecule has 0 spiro atoms. The number of aromatic nitrogens is 2. The Kier molecular flexibility index (Phi) is 3.74. The molecule has 0 aliphatic carbocycles. The Balaban J connectivity index is 2.28. The number of benzene rings is 1. The number of hydrogen-bond donors (Lipinski definition) is 1. The molecule has 2 rings (SSSR count). The molecule has 0 saturated carbocycles. The minimum Gasteiger partial charge on any atom is -0.348 e. The predicted molar refractivity (Wildman–Crippen MR) is 69.7 cm³/mol. The van der Waals surface area contributed by atoms with Gasteiger partial charge in [-0.15, -0.1) is 0 Å². The fourth-order valence-electron chi connectivity index (χ4n) is 1.94. The van der Waals surface area contributed by atoms with Crippen molar-refractivity contribution in [2.75, 3.05) is 0 Å². The van der Waals surface area contributed by atoms with Gasteiger partial charge < -0.3 is 4.52 Å². The minimum absolute atomic E-state index is 0.268. The van der Waals surface area contributed by atoms with E-state index >= 15 is 0 Å². The van der Waals surface area contributed by atoms with E-state index in [1.165, 1.54) is 16.7 Å². The molecule has 1 heterocycles. The summed E-state index contributed by atoms with van der Waals surface area (Å²) in [5, 5.41) is 2.75. The summed E-state index contributed by atoms with van der Waals surface area (Å²) in [6.45, 7) is 4.31. The molecule has 0 unspecified atom stereocenters. The molecule has 2 aromatic rings. The van der Waals surface area contributed by atoms with Crippen molar-refractivity contribution in [3.8, 4) is 0 Å². The molecule has 0 atom stereocenters. The highest BCUT2D eigenvalue weighted by molar-refractivity contribution is 7.71. The van der Waals surface area contributed by atoms with Gasteiger partial charge in [-0.1, -0.05) is 37.1 Å². The van der Waals surface area contributed by atoms with Crippen LogP contribution in [-0.2, 0) is 12.8 Å². The Hall–Kier alpha value is -1.42. The molecule has 3 nitrogen and oxygen atoms in total. The molecule has 0 aliphatic rings.